The quantitative estimate of drug-likeness (QED) is 0.626. The fourth-order valence-electron chi connectivity index (χ4n) is 2.43. The molecule has 0 aliphatic heterocycles. The molecule has 1 heteroatoms. The van der Waals surface area contributed by atoms with Gasteiger partial charge in [0.05, 0.1) is 0 Å². The van der Waals surface area contributed by atoms with Gasteiger partial charge < -0.3 is 0 Å². The third-order valence-electron chi connectivity index (χ3n) is 3.44. The van der Waals surface area contributed by atoms with Crippen LogP contribution >= 0.6 is 8.19 Å². The van der Waals surface area contributed by atoms with E-state index in [4.69, 9.17) is 0 Å². The third-order valence-corrected chi connectivity index (χ3v) is 5.08. The second kappa shape index (κ2) is 6.26. The molecule has 92 valence electrons. The normalized spacial score (nSPS) is 11.2. The van der Waals surface area contributed by atoms with Crippen molar-refractivity contribution in [3.05, 3.63) is 34.9 Å². The van der Waals surface area contributed by atoms with Crippen molar-refractivity contribution in [3.63, 3.8) is 0 Å². The second-order valence-corrected chi connectivity index (χ2v) is 6.29. The van der Waals surface area contributed by atoms with Crippen LogP contribution in [0.4, 0.5) is 0 Å². The largest absolute Gasteiger partial charge is 0.132 e. The maximum Gasteiger partial charge on any atom is -0.0109 e. The SMILES string of the molecule is CCCCc1[pH]c(CCCC)c2ccccc12. The van der Waals surface area contributed by atoms with Crippen LogP contribution < -0.4 is 0 Å². The summed E-state index contributed by atoms with van der Waals surface area (Å²) in [4.78, 5) is 0. The molecule has 0 nitrogen and oxygen atoms in total. The average molecular weight is 246 g/mol. The number of hydrogen-bond acceptors (Lipinski definition) is 0. The molecule has 0 N–H and O–H groups in total. The number of hydrogen-bond donors (Lipinski definition) is 0. The Morgan fingerprint density at radius 1 is 0.824 bits per heavy atom. The molecule has 2 rings (SSSR count). The summed E-state index contributed by atoms with van der Waals surface area (Å²) >= 11 is 0. The summed E-state index contributed by atoms with van der Waals surface area (Å²) in [6.45, 7) is 4.57. The first kappa shape index (κ1) is 12.7. The summed E-state index contributed by atoms with van der Waals surface area (Å²) < 4.78 is 0. The van der Waals surface area contributed by atoms with Crippen molar-refractivity contribution in [2.24, 2.45) is 0 Å². The molecule has 1 aromatic carbocycles. The lowest BCUT2D eigenvalue weighted by Crippen LogP contribution is -1.79. The summed E-state index contributed by atoms with van der Waals surface area (Å²) in [6.07, 6.45) is 7.92. The summed E-state index contributed by atoms with van der Waals surface area (Å²) in [5.41, 5.74) is 0. The molecular formula is C16H23P. The lowest BCUT2D eigenvalue weighted by molar-refractivity contribution is 0.805. The molecule has 0 atom stereocenters. The predicted octanol–water partition coefficient (Wildman–Crippen LogP) is 5.56. The van der Waals surface area contributed by atoms with Gasteiger partial charge >= 0.3 is 0 Å². The van der Waals surface area contributed by atoms with Gasteiger partial charge in [-0.15, -0.1) is 8.19 Å². The lowest BCUT2D eigenvalue weighted by Gasteiger charge is -1.97. The summed E-state index contributed by atoms with van der Waals surface area (Å²) in [7, 11) is 0.982. The van der Waals surface area contributed by atoms with Crippen LogP contribution in [0.25, 0.3) is 10.8 Å². The zero-order chi connectivity index (χ0) is 12.1. The molecule has 0 fully saturated rings. The smallest absolute Gasteiger partial charge is 0.0109 e. The average Bonchev–Trinajstić information content (AvgIpc) is 2.72. The number of benzene rings is 1. The molecule has 0 spiro atoms. The van der Waals surface area contributed by atoms with Crippen molar-refractivity contribution in [3.8, 4) is 0 Å². The Hall–Kier alpha value is -0.740. The summed E-state index contributed by atoms with van der Waals surface area (Å²) in [5, 5.41) is 6.55. The molecule has 0 bridgehead atoms. The maximum atomic E-state index is 2.33. The van der Waals surface area contributed by atoms with Crippen molar-refractivity contribution >= 4 is 19.0 Å². The molecule has 0 aliphatic rings. The zero-order valence-corrected chi connectivity index (χ0v) is 12.1. The minimum Gasteiger partial charge on any atom is -0.132 e. The Morgan fingerprint density at radius 3 is 1.71 bits per heavy atom. The van der Waals surface area contributed by atoms with Crippen LogP contribution in [0.1, 0.15) is 50.1 Å². The van der Waals surface area contributed by atoms with Gasteiger partial charge in [0.2, 0.25) is 0 Å². The van der Waals surface area contributed by atoms with Crippen LogP contribution in [0.5, 0.6) is 0 Å². The van der Waals surface area contributed by atoms with Gasteiger partial charge in [0.25, 0.3) is 0 Å². The number of unbranched alkanes of at least 4 members (excludes halogenated alkanes) is 2. The van der Waals surface area contributed by atoms with Crippen LogP contribution in [-0.4, -0.2) is 0 Å². The monoisotopic (exact) mass is 246 g/mol. The highest BCUT2D eigenvalue weighted by Crippen LogP contribution is 2.37. The molecule has 0 saturated carbocycles. The molecule has 17 heavy (non-hydrogen) atoms. The first-order chi connectivity index (χ1) is 8.36. The highest BCUT2D eigenvalue weighted by atomic mass is 31.0. The number of fused-ring (bicyclic) bond motifs is 1. The Morgan fingerprint density at radius 2 is 1.29 bits per heavy atom. The van der Waals surface area contributed by atoms with E-state index in [1.54, 1.807) is 21.4 Å². The molecule has 1 heterocycles. The topological polar surface area (TPSA) is 0 Å². The molecule has 1 aromatic heterocycles. The van der Waals surface area contributed by atoms with E-state index < -0.39 is 0 Å². The molecule has 0 aliphatic carbocycles. The summed E-state index contributed by atoms with van der Waals surface area (Å²) in [6, 6.07) is 9.04. The highest BCUT2D eigenvalue weighted by molar-refractivity contribution is 7.33. The fraction of sp³-hybridized carbons (Fsp3) is 0.500. The maximum absolute atomic E-state index is 2.33. The molecule has 0 saturated heterocycles. The van der Waals surface area contributed by atoms with Crippen molar-refractivity contribution < 1.29 is 0 Å². The van der Waals surface area contributed by atoms with E-state index in [2.05, 4.69) is 38.1 Å². The van der Waals surface area contributed by atoms with Gasteiger partial charge in [0.15, 0.2) is 0 Å². The van der Waals surface area contributed by atoms with Gasteiger partial charge in [-0.25, -0.2) is 0 Å². The van der Waals surface area contributed by atoms with Crippen molar-refractivity contribution in [1.82, 2.24) is 0 Å². The molecule has 2 aromatic rings. The van der Waals surface area contributed by atoms with Crippen LogP contribution in [0.15, 0.2) is 24.3 Å². The van der Waals surface area contributed by atoms with Gasteiger partial charge in [0, 0.05) is 0 Å². The minimum absolute atomic E-state index is 0.982. The van der Waals surface area contributed by atoms with Gasteiger partial charge in [-0.05, 0) is 47.0 Å². The third kappa shape index (κ3) is 2.93. The highest BCUT2D eigenvalue weighted by Gasteiger charge is 2.08. The Bertz CT molecular complexity index is 425. The molecule has 0 radical (unpaired) electrons. The molecular weight excluding hydrogens is 223 g/mol. The lowest BCUT2D eigenvalue weighted by atomic mass is 10.1. The summed E-state index contributed by atoms with van der Waals surface area (Å²) in [5.74, 6) is 0. The van der Waals surface area contributed by atoms with Crippen LogP contribution in [0, 0.1) is 0 Å². The van der Waals surface area contributed by atoms with Gasteiger partial charge in [-0.3, -0.25) is 0 Å². The Labute approximate surface area is 107 Å². The molecule has 0 amide bonds. The standard InChI is InChI=1S/C16H23P/c1-3-5-11-15-13-9-7-8-10-14(13)16(17-15)12-6-4-2/h7-10,17H,3-6,11-12H2,1-2H3. The Balaban J connectivity index is 2.32. The van der Waals surface area contributed by atoms with Gasteiger partial charge in [-0.1, -0.05) is 51.0 Å². The van der Waals surface area contributed by atoms with E-state index in [9.17, 15) is 0 Å². The number of rotatable bonds is 6. The first-order valence-corrected chi connectivity index (χ1v) is 7.95. The zero-order valence-electron chi connectivity index (χ0n) is 11.1. The van der Waals surface area contributed by atoms with E-state index in [-0.39, 0.29) is 0 Å². The van der Waals surface area contributed by atoms with E-state index in [0.717, 1.165) is 8.19 Å². The fourth-order valence-corrected chi connectivity index (χ4v) is 4.10. The van der Waals surface area contributed by atoms with E-state index in [1.165, 1.54) is 38.5 Å². The molecule has 0 unspecified atom stereocenters. The Kier molecular flexibility index (Phi) is 4.68. The number of aryl methyl sites for hydroxylation is 2. The first-order valence-electron chi connectivity index (χ1n) is 6.95. The van der Waals surface area contributed by atoms with Crippen LogP contribution in [0.3, 0.4) is 0 Å². The van der Waals surface area contributed by atoms with Crippen molar-refractivity contribution in [1.29, 1.82) is 0 Å². The van der Waals surface area contributed by atoms with Crippen molar-refractivity contribution in [2.75, 3.05) is 0 Å². The van der Waals surface area contributed by atoms with E-state index >= 15 is 0 Å². The van der Waals surface area contributed by atoms with E-state index in [0.29, 0.717) is 0 Å². The van der Waals surface area contributed by atoms with Crippen LogP contribution in [-0.2, 0) is 12.8 Å². The van der Waals surface area contributed by atoms with Gasteiger partial charge in [0.1, 0.15) is 0 Å². The van der Waals surface area contributed by atoms with E-state index in [1.807, 2.05) is 0 Å². The van der Waals surface area contributed by atoms with Crippen LogP contribution in [0.2, 0.25) is 0 Å². The predicted molar refractivity (Wildman–Crippen MR) is 80.7 cm³/mol. The second-order valence-electron chi connectivity index (χ2n) is 4.83. The van der Waals surface area contributed by atoms with Crippen molar-refractivity contribution in [2.45, 2.75) is 52.4 Å². The minimum atomic E-state index is 0.982. The van der Waals surface area contributed by atoms with Gasteiger partial charge in [-0.2, -0.15) is 0 Å².